The topological polar surface area (TPSA) is 77.4 Å². The molecule has 0 aliphatic heterocycles. The van der Waals surface area contributed by atoms with Crippen molar-refractivity contribution in [2.45, 2.75) is 12.2 Å². The summed E-state index contributed by atoms with van der Waals surface area (Å²) in [6.07, 6.45) is -1.11. The lowest BCUT2D eigenvalue weighted by atomic mass is 10.1. The number of ether oxygens (including phenoxy) is 4. The molecule has 4 aromatic carbocycles. The van der Waals surface area contributed by atoms with Crippen molar-refractivity contribution in [3.8, 4) is 33.8 Å². The molecule has 0 spiro atoms. The number of aliphatic hydroxyl groups is 2. The zero-order chi connectivity index (χ0) is 30.7. The van der Waals surface area contributed by atoms with E-state index in [0.29, 0.717) is 37.9 Å². The SMILES string of the molecule is OC(COc1ccccc1-c1ccccc1)CSCCOCCOCCSCC(O)COc1ccccc1-c1ccccc1. The van der Waals surface area contributed by atoms with E-state index in [-0.39, 0.29) is 13.2 Å². The molecule has 0 aliphatic carbocycles. The molecule has 0 fully saturated rings. The molecule has 0 heterocycles. The van der Waals surface area contributed by atoms with Crippen molar-refractivity contribution in [1.29, 1.82) is 0 Å². The van der Waals surface area contributed by atoms with Crippen LogP contribution < -0.4 is 9.47 Å². The molecule has 44 heavy (non-hydrogen) atoms. The average Bonchev–Trinajstić information content (AvgIpc) is 3.08. The summed E-state index contributed by atoms with van der Waals surface area (Å²) >= 11 is 3.29. The van der Waals surface area contributed by atoms with E-state index >= 15 is 0 Å². The Labute approximate surface area is 269 Å². The van der Waals surface area contributed by atoms with Crippen molar-refractivity contribution in [1.82, 2.24) is 0 Å². The van der Waals surface area contributed by atoms with Crippen LogP contribution in [0.25, 0.3) is 22.3 Å². The van der Waals surface area contributed by atoms with Crippen LogP contribution in [0, 0.1) is 0 Å². The quantitative estimate of drug-likeness (QED) is 0.0982. The van der Waals surface area contributed by atoms with E-state index < -0.39 is 12.2 Å². The van der Waals surface area contributed by atoms with Crippen molar-refractivity contribution in [3.05, 3.63) is 109 Å². The van der Waals surface area contributed by atoms with Gasteiger partial charge >= 0.3 is 0 Å². The molecule has 0 radical (unpaired) electrons. The molecule has 0 saturated heterocycles. The summed E-state index contributed by atoms with van der Waals surface area (Å²) < 4.78 is 23.2. The third kappa shape index (κ3) is 12.2. The maximum atomic E-state index is 10.4. The smallest absolute Gasteiger partial charge is 0.127 e. The van der Waals surface area contributed by atoms with Crippen molar-refractivity contribution in [2.75, 3.05) is 62.7 Å². The second kappa shape index (κ2) is 20.1. The first kappa shape index (κ1) is 33.9. The van der Waals surface area contributed by atoms with Crippen molar-refractivity contribution < 1.29 is 29.2 Å². The largest absolute Gasteiger partial charge is 0.490 e. The summed E-state index contributed by atoms with van der Waals surface area (Å²) in [6, 6.07) is 36.0. The summed E-state index contributed by atoms with van der Waals surface area (Å²) in [5.41, 5.74) is 4.22. The molecule has 2 unspecified atom stereocenters. The van der Waals surface area contributed by atoms with Crippen molar-refractivity contribution in [3.63, 3.8) is 0 Å². The summed E-state index contributed by atoms with van der Waals surface area (Å²) in [7, 11) is 0. The van der Waals surface area contributed by atoms with Gasteiger partial charge in [-0.3, -0.25) is 0 Å². The van der Waals surface area contributed by atoms with E-state index in [0.717, 1.165) is 45.3 Å². The van der Waals surface area contributed by atoms with Gasteiger partial charge in [0.15, 0.2) is 0 Å². The highest BCUT2D eigenvalue weighted by Crippen LogP contribution is 2.30. The van der Waals surface area contributed by atoms with Gasteiger partial charge in [-0.25, -0.2) is 0 Å². The molecule has 4 aromatic rings. The molecule has 6 nitrogen and oxygen atoms in total. The van der Waals surface area contributed by atoms with Crippen molar-refractivity contribution in [2.24, 2.45) is 0 Å². The summed E-state index contributed by atoms with van der Waals surface area (Å²) in [4.78, 5) is 0. The van der Waals surface area contributed by atoms with Gasteiger partial charge in [-0.2, -0.15) is 23.5 Å². The van der Waals surface area contributed by atoms with Gasteiger partial charge < -0.3 is 29.2 Å². The highest BCUT2D eigenvalue weighted by molar-refractivity contribution is 7.99. The maximum absolute atomic E-state index is 10.4. The summed E-state index contributed by atoms with van der Waals surface area (Å²) in [6.45, 7) is 2.76. The van der Waals surface area contributed by atoms with Crippen LogP contribution in [0.5, 0.6) is 11.5 Å². The van der Waals surface area contributed by atoms with Gasteiger partial charge in [0.05, 0.1) is 38.6 Å². The Morgan fingerprint density at radius 3 is 1.30 bits per heavy atom. The third-order valence-corrected chi connectivity index (χ3v) is 8.69. The lowest BCUT2D eigenvalue weighted by Crippen LogP contribution is -2.21. The van der Waals surface area contributed by atoms with E-state index in [4.69, 9.17) is 18.9 Å². The summed E-state index contributed by atoms with van der Waals surface area (Å²) in [5, 5.41) is 20.7. The minimum Gasteiger partial charge on any atom is -0.490 e. The van der Waals surface area contributed by atoms with Crippen LogP contribution in [0.4, 0.5) is 0 Å². The average molecular weight is 635 g/mol. The number of rotatable bonds is 21. The van der Waals surface area contributed by atoms with Gasteiger partial charge in [0.1, 0.15) is 24.7 Å². The Morgan fingerprint density at radius 2 is 0.864 bits per heavy atom. The molecule has 0 saturated carbocycles. The third-order valence-electron chi connectivity index (χ3n) is 6.54. The van der Waals surface area contributed by atoms with E-state index in [2.05, 4.69) is 24.3 Å². The molecule has 2 N–H and O–H groups in total. The van der Waals surface area contributed by atoms with E-state index in [1.54, 1.807) is 23.5 Å². The second-order valence-electron chi connectivity index (χ2n) is 10.0. The molecule has 0 amide bonds. The fraction of sp³-hybridized carbons (Fsp3) is 0.333. The van der Waals surface area contributed by atoms with E-state index in [1.165, 1.54) is 0 Å². The van der Waals surface area contributed by atoms with Gasteiger partial charge in [0.25, 0.3) is 0 Å². The zero-order valence-electron chi connectivity index (χ0n) is 25.0. The predicted octanol–water partition coefficient (Wildman–Crippen LogP) is 6.70. The van der Waals surface area contributed by atoms with Crippen LogP contribution in [-0.2, 0) is 9.47 Å². The Balaban J connectivity index is 0.963. The maximum Gasteiger partial charge on any atom is 0.127 e. The highest BCUT2D eigenvalue weighted by Gasteiger charge is 2.11. The van der Waals surface area contributed by atoms with Crippen LogP contribution >= 0.6 is 23.5 Å². The monoisotopic (exact) mass is 634 g/mol. The van der Waals surface area contributed by atoms with Gasteiger partial charge in [0.2, 0.25) is 0 Å². The number of aliphatic hydroxyl groups excluding tert-OH is 2. The normalized spacial score (nSPS) is 12.5. The number of benzene rings is 4. The number of para-hydroxylation sites is 2. The first-order valence-corrected chi connectivity index (χ1v) is 17.2. The zero-order valence-corrected chi connectivity index (χ0v) is 26.6. The molecule has 8 heteroatoms. The molecule has 2 atom stereocenters. The first-order valence-electron chi connectivity index (χ1n) is 14.9. The lowest BCUT2D eigenvalue weighted by molar-refractivity contribution is 0.0603. The van der Waals surface area contributed by atoms with Gasteiger partial charge in [-0.05, 0) is 23.3 Å². The number of hydrogen-bond acceptors (Lipinski definition) is 8. The fourth-order valence-corrected chi connectivity index (χ4v) is 5.90. The summed E-state index contributed by atoms with van der Waals surface area (Å²) in [5.74, 6) is 4.31. The Hall–Kier alpha value is -2.98. The molecule has 234 valence electrons. The Bertz CT molecular complexity index is 1220. The number of thioether (sulfide) groups is 2. The molecule has 4 rings (SSSR count). The van der Waals surface area contributed by atoms with Crippen LogP contribution in [0.2, 0.25) is 0 Å². The molecular formula is C36H42O6S2. The minimum atomic E-state index is -0.556. The number of hydrogen-bond donors (Lipinski definition) is 2. The molecule has 0 aliphatic rings. The highest BCUT2D eigenvalue weighted by atomic mass is 32.2. The van der Waals surface area contributed by atoms with Crippen LogP contribution in [-0.4, -0.2) is 85.1 Å². The second-order valence-corrected chi connectivity index (χ2v) is 12.3. The lowest BCUT2D eigenvalue weighted by Gasteiger charge is -2.15. The van der Waals surface area contributed by atoms with Crippen molar-refractivity contribution >= 4 is 23.5 Å². The van der Waals surface area contributed by atoms with Crippen LogP contribution in [0.1, 0.15) is 0 Å². The van der Waals surface area contributed by atoms with Gasteiger partial charge in [0, 0.05) is 34.1 Å². The predicted molar refractivity (Wildman–Crippen MR) is 183 cm³/mol. The molecule has 0 bridgehead atoms. The van der Waals surface area contributed by atoms with E-state index in [9.17, 15) is 10.2 Å². The molecule has 0 aromatic heterocycles. The van der Waals surface area contributed by atoms with E-state index in [1.807, 2.05) is 84.9 Å². The van der Waals surface area contributed by atoms with Crippen LogP contribution in [0.3, 0.4) is 0 Å². The minimum absolute atomic E-state index is 0.246. The van der Waals surface area contributed by atoms with Gasteiger partial charge in [-0.15, -0.1) is 0 Å². The standard InChI is InChI=1S/C36H42O6S2/c37-31(25-41-35-17-9-7-15-33(35)29-11-3-1-4-12-29)27-43-23-21-39-19-20-40-22-24-44-28-32(38)26-42-36-18-10-8-16-34(36)30-13-5-2-6-14-30/h1-18,31-32,37-38H,19-28H2. The fourth-order valence-electron chi connectivity index (χ4n) is 4.36. The van der Waals surface area contributed by atoms with Gasteiger partial charge in [-0.1, -0.05) is 97.1 Å². The first-order chi connectivity index (χ1) is 21.7. The van der Waals surface area contributed by atoms with Crippen LogP contribution in [0.15, 0.2) is 109 Å². The molecular weight excluding hydrogens is 593 g/mol. The Morgan fingerprint density at radius 1 is 0.477 bits per heavy atom. The Kier molecular flexibility index (Phi) is 15.5.